The molecule has 0 aromatic carbocycles. The highest BCUT2D eigenvalue weighted by atomic mass is 16.2. The third-order valence-electron chi connectivity index (χ3n) is 3.97. The van der Waals surface area contributed by atoms with E-state index in [0.717, 1.165) is 12.8 Å². The van der Waals surface area contributed by atoms with Crippen LogP contribution in [0, 0.1) is 0 Å². The van der Waals surface area contributed by atoms with Crippen molar-refractivity contribution in [2.75, 3.05) is 6.61 Å². The Labute approximate surface area is 135 Å². The number of aliphatic hydroxyl groups excluding tert-OH is 1. The highest BCUT2D eigenvalue weighted by Crippen LogP contribution is 2.12. The highest BCUT2D eigenvalue weighted by Gasteiger charge is 1.92. The van der Waals surface area contributed by atoms with Crippen molar-refractivity contribution in [1.82, 2.24) is 0 Å². The van der Waals surface area contributed by atoms with E-state index < -0.39 is 0 Å². The van der Waals surface area contributed by atoms with Gasteiger partial charge >= 0.3 is 0 Å². The molecule has 1 heteroatoms. The van der Waals surface area contributed by atoms with Gasteiger partial charge in [0.1, 0.15) is 0 Å². The summed E-state index contributed by atoms with van der Waals surface area (Å²) in [6.45, 7) is 7.05. The molecule has 0 spiro atoms. The zero-order valence-corrected chi connectivity index (χ0v) is 15.5. The zero-order valence-electron chi connectivity index (χ0n) is 15.5. The number of hydrogen-bond acceptors (Lipinski definition) is 1. The van der Waals surface area contributed by atoms with Crippen molar-refractivity contribution < 1.29 is 5.11 Å². The Morgan fingerprint density at radius 1 is 0.381 bits per heavy atom. The van der Waals surface area contributed by atoms with Crippen LogP contribution in [0.2, 0.25) is 0 Å². The molecular weight excluding hydrogens is 256 g/mol. The van der Waals surface area contributed by atoms with Crippen LogP contribution in [0.4, 0.5) is 0 Å². The minimum Gasteiger partial charge on any atom is -0.396 e. The van der Waals surface area contributed by atoms with Gasteiger partial charge in [-0.3, -0.25) is 0 Å². The van der Waals surface area contributed by atoms with Gasteiger partial charge < -0.3 is 5.11 Å². The van der Waals surface area contributed by atoms with Crippen LogP contribution >= 0.6 is 0 Å². The first-order chi connectivity index (χ1) is 10.3. The predicted octanol–water partition coefficient (Wildman–Crippen LogP) is 7.27. The lowest BCUT2D eigenvalue weighted by Crippen LogP contribution is -1.82. The molecule has 1 nitrogen and oxygen atoms in total. The van der Waals surface area contributed by atoms with Crippen molar-refractivity contribution in [3.05, 3.63) is 0 Å². The highest BCUT2D eigenvalue weighted by molar-refractivity contribution is 4.47. The van der Waals surface area contributed by atoms with Gasteiger partial charge in [-0.2, -0.15) is 0 Å². The Bertz CT molecular complexity index is 129. The van der Waals surface area contributed by atoms with Crippen LogP contribution in [0.25, 0.3) is 0 Å². The van der Waals surface area contributed by atoms with Crippen molar-refractivity contribution in [3.63, 3.8) is 0 Å². The number of unbranched alkanes of at least 4 members (excludes halogenated alkanes) is 14. The van der Waals surface area contributed by atoms with Crippen LogP contribution < -0.4 is 0 Å². The SMILES string of the molecule is CCCCCCCCCCCCCCC.CCCCCO. The normalized spacial score (nSPS) is 10.3. The van der Waals surface area contributed by atoms with Crippen molar-refractivity contribution >= 4 is 0 Å². The lowest BCUT2D eigenvalue weighted by atomic mass is 10.1. The van der Waals surface area contributed by atoms with Gasteiger partial charge in [0.25, 0.3) is 0 Å². The van der Waals surface area contributed by atoms with Crippen molar-refractivity contribution in [2.45, 2.75) is 124 Å². The quantitative estimate of drug-likeness (QED) is 0.315. The van der Waals surface area contributed by atoms with E-state index in [9.17, 15) is 0 Å². The standard InChI is InChI=1S/C15H32.C5H12O/c1-3-5-7-9-11-13-15-14-12-10-8-6-4-2;1-2-3-4-5-6/h3-15H2,1-2H3;6H,2-5H2,1H3. The summed E-state index contributed by atoms with van der Waals surface area (Å²) in [5.41, 5.74) is 0. The monoisotopic (exact) mass is 300 g/mol. The van der Waals surface area contributed by atoms with Crippen molar-refractivity contribution in [3.8, 4) is 0 Å². The molecule has 0 aliphatic carbocycles. The maximum atomic E-state index is 8.20. The van der Waals surface area contributed by atoms with Gasteiger partial charge in [-0.05, 0) is 6.42 Å². The largest absolute Gasteiger partial charge is 0.396 e. The third-order valence-corrected chi connectivity index (χ3v) is 3.97. The van der Waals surface area contributed by atoms with E-state index in [1.807, 2.05) is 0 Å². The molecule has 130 valence electrons. The fourth-order valence-corrected chi connectivity index (χ4v) is 2.45. The first-order valence-corrected chi connectivity index (χ1v) is 9.94. The Morgan fingerprint density at radius 2 is 0.619 bits per heavy atom. The van der Waals surface area contributed by atoms with Crippen LogP contribution in [0.15, 0.2) is 0 Å². The summed E-state index contributed by atoms with van der Waals surface area (Å²) in [5.74, 6) is 0. The first kappa shape index (κ1) is 23.2. The van der Waals surface area contributed by atoms with Crippen LogP contribution in [-0.2, 0) is 0 Å². The molecule has 0 rings (SSSR count). The Morgan fingerprint density at radius 3 is 0.810 bits per heavy atom. The molecule has 21 heavy (non-hydrogen) atoms. The molecule has 0 unspecified atom stereocenters. The predicted molar refractivity (Wildman–Crippen MR) is 98.0 cm³/mol. The minimum atomic E-state index is 0.355. The molecule has 0 amide bonds. The van der Waals surface area contributed by atoms with Gasteiger partial charge in [-0.25, -0.2) is 0 Å². The van der Waals surface area contributed by atoms with E-state index in [1.165, 1.54) is 89.9 Å². The summed E-state index contributed by atoms with van der Waals surface area (Å²) >= 11 is 0. The van der Waals surface area contributed by atoms with E-state index in [0.29, 0.717) is 6.61 Å². The van der Waals surface area contributed by atoms with Gasteiger partial charge in [0.15, 0.2) is 0 Å². The van der Waals surface area contributed by atoms with Crippen LogP contribution in [-0.4, -0.2) is 11.7 Å². The summed E-state index contributed by atoms with van der Waals surface area (Å²) in [5, 5.41) is 8.20. The molecule has 0 aliphatic heterocycles. The second kappa shape index (κ2) is 24.9. The summed E-state index contributed by atoms with van der Waals surface area (Å²) in [4.78, 5) is 0. The third kappa shape index (κ3) is 28.8. The molecule has 1 N–H and O–H groups in total. The molecule has 0 radical (unpaired) electrons. The van der Waals surface area contributed by atoms with Gasteiger partial charge in [0.2, 0.25) is 0 Å². The van der Waals surface area contributed by atoms with Gasteiger partial charge in [-0.1, -0.05) is 117 Å². The van der Waals surface area contributed by atoms with Crippen LogP contribution in [0.3, 0.4) is 0 Å². The molecule has 0 aromatic heterocycles. The van der Waals surface area contributed by atoms with Crippen LogP contribution in [0.1, 0.15) is 124 Å². The van der Waals surface area contributed by atoms with E-state index >= 15 is 0 Å². The molecule has 0 atom stereocenters. The van der Waals surface area contributed by atoms with Gasteiger partial charge in [-0.15, -0.1) is 0 Å². The summed E-state index contributed by atoms with van der Waals surface area (Å²) in [6, 6.07) is 0. The molecule has 0 bridgehead atoms. The zero-order chi connectivity index (χ0) is 16.0. The van der Waals surface area contributed by atoms with E-state index in [1.54, 1.807) is 0 Å². The number of aliphatic hydroxyl groups is 1. The first-order valence-electron chi connectivity index (χ1n) is 9.94. The van der Waals surface area contributed by atoms with Gasteiger partial charge in [0.05, 0.1) is 0 Å². The molecule has 0 fully saturated rings. The number of rotatable bonds is 15. The smallest absolute Gasteiger partial charge is 0.0431 e. The minimum absolute atomic E-state index is 0.355. The topological polar surface area (TPSA) is 20.2 Å². The van der Waals surface area contributed by atoms with E-state index in [4.69, 9.17) is 5.11 Å². The molecule has 0 aliphatic rings. The second-order valence-corrected chi connectivity index (χ2v) is 6.32. The maximum absolute atomic E-state index is 8.20. The molecule has 0 aromatic rings. The summed E-state index contributed by atoms with van der Waals surface area (Å²) in [7, 11) is 0. The average Bonchev–Trinajstić information content (AvgIpc) is 2.51. The average molecular weight is 301 g/mol. The lowest BCUT2D eigenvalue weighted by Gasteiger charge is -2.01. The molecule has 0 saturated heterocycles. The maximum Gasteiger partial charge on any atom is 0.0431 e. The lowest BCUT2D eigenvalue weighted by molar-refractivity contribution is 0.284. The Hall–Kier alpha value is -0.0400. The molecule has 0 saturated carbocycles. The van der Waals surface area contributed by atoms with Gasteiger partial charge in [0, 0.05) is 6.61 Å². The van der Waals surface area contributed by atoms with Crippen LogP contribution in [0.5, 0.6) is 0 Å². The van der Waals surface area contributed by atoms with E-state index in [-0.39, 0.29) is 0 Å². The Kier molecular flexibility index (Phi) is 27.6. The summed E-state index contributed by atoms with van der Waals surface area (Å²) in [6.07, 6.45) is 22.3. The number of hydrogen-bond donors (Lipinski definition) is 1. The molecular formula is C20H44O. The molecule has 0 heterocycles. The van der Waals surface area contributed by atoms with E-state index in [2.05, 4.69) is 20.8 Å². The fourth-order valence-electron chi connectivity index (χ4n) is 2.45. The second-order valence-electron chi connectivity index (χ2n) is 6.32. The fraction of sp³-hybridized carbons (Fsp3) is 1.00. The van der Waals surface area contributed by atoms with Crippen molar-refractivity contribution in [1.29, 1.82) is 0 Å². The Balaban J connectivity index is 0. The van der Waals surface area contributed by atoms with Crippen molar-refractivity contribution in [2.24, 2.45) is 0 Å². The summed E-state index contributed by atoms with van der Waals surface area (Å²) < 4.78 is 0.